The molecule has 0 aliphatic heterocycles. The van der Waals surface area contributed by atoms with Crippen molar-refractivity contribution in [3.63, 3.8) is 0 Å². The molecule has 118 valence electrons. The van der Waals surface area contributed by atoms with Crippen LogP contribution in [-0.4, -0.2) is 50.0 Å². The van der Waals surface area contributed by atoms with Crippen LogP contribution in [0.4, 0.5) is 0 Å². The Kier molecular flexibility index (Phi) is 9.16. The van der Waals surface area contributed by atoms with Gasteiger partial charge in [0.15, 0.2) is 0 Å². The van der Waals surface area contributed by atoms with Crippen molar-refractivity contribution in [1.29, 1.82) is 0 Å². The average molecular weight is 361 g/mol. The van der Waals surface area contributed by atoms with E-state index in [1.807, 2.05) is 13.0 Å². The third kappa shape index (κ3) is 8.11. The standard InChI is InChI=1S/C14H21BrN2O4/c1-2-19-5-6-20-7-8-21-14(18)12(16)9-11-3-4-13(15)17-10-11/h3-4,10,12H,2,5-9,16H2,1H3. The highest BCUT2D eigenvalue weighted by molar-refractivity contribution is 9.10. The van der Waals surface area contributed by atoms with Crippen LogP contribution in [0, 0.1) is 0 Å². The van der Waals surface area contributed by atoms with E-state index in [4.69, 9.17) is 19.9 Å². The highest BCUT2D eigenvalue weighted by atomic mass is 79.9. The lowest BCUT2D eigenvalue weighted by molar-refractivity contribution is -0.146. The molecule has 1 heterocycles. The van der Waals surface area contributed by atoms with E-state index in [-0.39, 0.29) is 6.61 Å². The minimum Gasteiger partial charge on any atom is -0.462 e. The molecule has 1 aromatic rings. The number of nitrogens with zero attached hydrogens (tertiary/aromatic N) is 1. The van der Waals surface area contributed by atoms with Crippen molar-refractivity contribution in [3.05, 3.63) is 28.5 Å². The number of nitrogens with two attached hydrogens (primary N) is 1. The molecular weight excluding hydrogens is 340 g/mol. The highest BCUT2D eigenvalue weighted by Crippen LogP contribution is 2.08. The van der Waals surface area contributed by atoms with Crippen LogP contribution < -0.4 is 5.73 Å². The molecule has 1 atom stereocenters. The molecule has 1 rings (SSSR count). The number of carbonyl (C=O) groups is 1. The summed E-state index contributed by atoms with van der Waals surface area (Å²) in [7, 11) is 0. The van der Waals surface area contributed by atoms with Gasteiger partial charge in [-0.2, -0.15) is 0 Å². The van der Waals surface area contributed by atoms with Crippen LogP contribution in [0.25, 0.3) is 0 Å². The Hall–Kier alpha value is -1.02. The molecule has 0 spiro atoms. The van der Waals surface area contributed by atoms with Gasteiger partial charge in [0.05, 0.1) is 19.8 Å². The van der Waals surface area contributed by atoms with Gasteiger partial charge in [-0.25, -0.2) is 4.98 Å². The molecule has 2 N–H and O–H groups in total. The fourth-order valence-corrected chi connectivity index (χ4v) is 1.77. The number of halogens is 1. The smallest absolute Gasteiger partial charge is 0.323 e. The number of esters is 1. The SMILES string of the molecule is CCOCCOCCOC(=O)C(N)Cc1ccc(Br)nc1. The van der Waals surface area contributed by atoms with Crippen LogP contribution in [0.2, 0.25) is 0 Å². The van der Waals surface area contributed by atoms with E-state index < -0.39 is 12.0 Å². The Balaban J connectivity index is 2.15. The van der Waals surface area contributed by atoms with E-state index in [2.05, 4.69) is 20.9 Å². The summed E-state index contributed by atoms with van der Waals surface area (Å²) < 4.78 is 16.1. The first kappa shape index (κ1) is 18.0. The van der Waals surface area contributed by atoms with Crippen LogP contribution in [-0.2, 0) is 25.4 Å². The summed E-state index contributed by atoms with van der Waals surface area (Å²) in [5.74, 6) is -0.439. The summed E-state index contributed by atoms with van der Waals surface area (Å²) in [6.45, 7) is 4.15. The van der Waals surface area contributed by atoms with E-state index in [1.165, 1.54) is 0 Å². The number of carbonyl (C=O) groups excluding carboxylic acids is 1. The fourth-order valence-electron chi connectivity index (χ4n) is 1.54. The van der Waals surface area contributed by atoms with Gasteiger partial charge in [0, 0.05) is 12.8 Å². The molecule has 1 unspecified atom stereocenters. The second kappa shape index (κ2) is 10.7. The molecule has 6 nitrogen and oxygen atoms in total. The molecule has 21 heavy (non-hydrogen) atoms. The maximum absolute atomic E-state index is 11.7. The molecule has 0 saturated carbocycles. The maximum Gasteiger partial charge on any atom is 0.323 e. The van der Waals surface area contributed by atoms with Crippen molar-refractivity contribution in [3.8, 4) is 0 Å². The van der Waals surface area contributed by atoms with Crippen molar-refractivity contribution in [1.82, 2.24) is 4.98 Å². The first-order valence-electron chi connectivity index (χ1n) is 6.81. The van der Waals surface area contributed by atoms with Crippen LogP contribution in [0.15, 0.2) is 22.9 Å². The molecule has 0 fully saturated rings. The van der Waals surface area contributed by atoms with Crippen LogP contribution >= 0.6 is 15.9 Å². The number of ether oxygens (including phenoxy) is 3. The predicted molar refractivity (Wildman–Crippen MR) is 81.9 cm³/mol. The Bertz CT molecular complexity index is 414. The number of hydrogen-bond acceptors (Lipinski definition) is 6. The number of rotatable bonds is 10. The van der Waals surface area contributed by atoms with Crippen molar-refractivity contribution in [2.24, 2.45) is 5.73 Å². The first-order valence-corrected chi connectivity index (χ1v) is 7.61. The van der Waals surface area contributed by atoms with Crippen molar-refractivity contribution in [2.45, 2.75) is 19.4 Å². The molecule has 1 aromatic heterocycles. The second-order valence-electron chi connectivity index (χ2n) is 4.28. The Morgan fingerprint density at radius 2 is 2.00 bits per heavy atom. The zero-order chi connectivity index (χ0) is 15.5. The van der Waals surface area contributed by atoms with Gasteiger partial charge in [0.1, 0.15) is 17.3 Å². The molecule has 0 aromatic carbocycles. The minimum atomic E-state index is -0.698. The van der Waals surface area contributed by atoms with Crippen molar-refractivity contribution in [2.75, 3.05) is 33.0 Å². The van der Waals surface area contributed by atoms with Crippen molar-refractivity contribution < 1.29 is 19.0 Å². The second-order valence-corrected chi connectivity index (χ2v) is 5.09. The van der Waals surface area contributed by atoms with E-state index in [9.17, 15) is 4.79 Å². The Labute approximate surface area is 133 Å². The summed E-state index contributed by atoms with van der Waals surface area (Å²) in [5.41, 5.74) is 6.68. The fraction of sp³-hybridized carbons (Fsp3) is 0.571. The number of aromatic nitrogens is 1. The van der Waals surface area contributed by atoms with Gasteiger partial charge in [-0.1, -0.05) is 6.07 Å². The maximum atomic E-state index is 11.7. The van der Waals surface area contributed by atoms with E-state index in [0.29, 0.717) is 32.8 Å². The van der Waals surface area contributed by atoms with E-state index in [0.717, 1.165) is 10.2 Å². The summed E-state index contributed by atoms with van der Waals surface area (Å²) >= 11 is 3.25. The Morgan fingerprint density at radius 1 is 1.29 bits per heavy atom. The van der Waals surface area contributed by atoms with E-state index >= 15 is 0 Å². The molecule has 0 radical (unpaired) electrons. The zero-order valence-electron chi connectivity index (χ0n) is 12.1. The van der Waals surface area contributed by atoms with Crippen LogP contribution in [0.3, 0.4) is 0 Å². The normalized spacial score (nSPS) is 12.1. The van der Waals surface area contributed by atoms with E-state index in [1.54, 1.807) is 12.3 Å². The molecule has 0 aliphatic rings. The highest BCUT2D eigenvalue weighted by Gasteiger charge is 2.15. The first-order chi connectivity index (χ1) is 10.1. The summed E-state index contributed by atoms with van der Waals surface area (Å²) in [4.78, 5) is 15.8. The van der Waals surface area contributed by atoms with Crippen LogP contribution in [0.1, 0.15) is 12.5 Å². The number of pyridine rings is 1. The third-order valence-electron chi connectivity index (χ3n) is 2.60. The van der Waals surface area contributed by atoms with Gasteiger partial charge in [-0.05, 0) is 40.9 Å². The zero-order valence-corrected chi connectivity index (χ0v) is 13.7. The molecule has 0 amide bonds. The van der Waals surface area contributed by atoms with Gasteiger partial charge >= 0.3 is 5.97 Å². The minimum absolute atomic E-state index is 0.192. The largest absolute Gasteiger partial charge is 0.462 e. The topological polar surface area (TPSA) is 83.7 Å². The molecule has 0 bridgehead atoms. The molecule has 7 heteroatoms. The van der Waals surface area contributed by atoms with Gasteiger partial charge < -0.3 is 19.9 Å². The lowest BCUT2D eigenvalue weighted by Gasteiger charge is -2.11. The summed E-state index contributed by atoms with van der Waals surface area (Å²) in [5, 5.41) is 0. The van der Waals surface area contributed by atoms with Gasteiger partial charge in [-0.3, -0.25) is 4.79 Å². The van der Waals surface area contributed by atoms with Gasteiger partial charge in [-0.15, -0.1) is 0 Å². The van der Waals surface area contributed by atoms with Crippen molar-refractivity contribution >= 4 is 21.9 Å². The molecule has 0 aliphatic carbocycles. The summed E-state index contributed by atoms with van der Waals surface area (Å²) in [6.07, 6.45) is 2.07. The molecule has 0 saturated heterocycles. The van der Waals surface area contributed by atoms with Gasteiger partial charge in [0.2, 0.25) is 0 Å². The average Bonchev–Trinajstić information content (AvgIpc) is 2.48. The monoisotopic (exact) mass is 360 g/mol. The van der Waals surface area contributed by atoms with Crippen LogP contribution in [0.5, 0.6) is 0 Å². The molecular formula is C14H21BrN2O4. The van der Waals surface area contributed by atoms with Gasteiger partial charge in [0.25, 0.3) is 0 Å². The predicted octanol–water partition coefficient (Wildman–Crippen LogP) is 1.31. The number of hydrogen-bond donors (Lipinski definition) is 1. The summed E-state index contributed by atoms with van der Waals surface area (Å²) in [6, 6.07) is 2.97. The third-order valence-corrected chi connectivity index (χ3v) is 3.06. The Morgan fingerprint density at radius 3 is 2.67 bits per heavy atom. The lowest BCUT2D eigenvalue weighted by atomic mass is 10.1. The lowest BCUT2D eigenvalue weighted by Crippen LogP contribution is -2.35. The quantitative estimate of drug-likeness (QED) is 0.384.